The van der Waals surface area contributed by atoms with Crippen molar-refractivity contribution in [3.63, 3.8) is 0 Å². The first-order valence-electron chi connectivity index (χ1n) is 9.25. The van der Waals surface area contributed by atoms with Crippen LogP contribution in [-0.4, -0.2) is 26.7 Å². The Balaban J connectivity index is 1.76. The fourth-order valence-electron chi connectivity index (χ4n) is 3.16. The number of carbonyl (C=O) groups excluding carboxylic acids is 2. The van der Waals surface area contributed by atoms with Crippen LogP contribution in [0.3, 0.4) is 0 Å². The van der Waals surface area contributed by atoms with Crippen molar-refractivity contribution in [3.8, 4) is 5.69 Å². The van der Waals surface area contributed by atoms with Gasteiger partial charge in [0.2, 0.25) is 0 Å². The predicted octanol–water partition coefficient (Wildman–Crippen LogP) is 4.63. The summed E-state index contributed by atoms with van der Waals surface area (Å²) in [4.78, 5) is 27.0. The number of carbonyl (C=O) groups is 2. The summed E-state index contributed by atoms with van der Waals surface area (Å²) in [5.74, 6) is -1.16. The van der Waals surface area contributed by atoms with Gasteiger partial charge in [-0.1, -0.05) is 40.9 Å². The molecule has 0 bridgehead atoms. The van der Waals surface area contributed by atoms with Crippen molar-refractivity contribution in [2.75, 3.05) is 4.90 Å². The third-order valence-electron chi connectivity index (χ3n) is 4.80. The summed E-state index contributed by atoms with van der Waals surface area (Å²) < 4.78 is 1.57. The van der Waals surface area contributed by atoms with Gasteiger partial charge >= 0.3 is 0 Å². The summed E-state index contributed by atoms with van der Waals surface area (Å²) in [6.45, 7) is 3.75. The highest BCUT2D eigenvalue weighted by Crippen LogP contribution is 2.28. The molecular formula is C22H16Cl2N4O2S. The van der Waals surface area contributed by atoms with Crippen LogP contribution in [0.25, 0.3) is 11.8 Å². The smallest absolute Gasteiger partial charge is 0.270 e. The zero-order valence-electron chi connectivity index (χ0n) is 16.5. The van der Waals surface area contributed by atoms with E-state index in [2.05, 4.69) is 10.4 Å². The summed E-state index contributed by atoms with van der Waals surface area (Å²) in [7, 11) is 0. The Hall–Kier alpha value is -3.00. The van der Waals surface area contributed by atoms with Gasteiger partial charge in [0.25, 0.3) is 11.8 Å². The third-order valence-corrected chi connectivity index (χ3v) is 5.70. The van der Waals surface area contributed by atoms with Gasteiger partial charge < -0.3 is 0 Å². The van der Waals surface area contributed by atoms with Gasteiger partial charge in [-0.15, -0.1) is 0 Å². The molecule has 6 nitrogen and oxygen atoms in total. The highest BCUT2D eigenvalue weighted by molar-refractivity contribution is 7.80. The lowest BCUT2D eigenvalue weighted by atomic mass is 10.1. The van der Waals surface area contributed by atoms with Crippen LogP contribution in [0.5, 0.6) is 0 Å². The number of benzene rings is 2. The molecule has 0 aliphatic carbocycles. The quantitative estimate of drug-likeness (QED) is 0.344. The fourth-order valence-corrected chi connectivity index (χ4v) is 3.89. The van der Waals surface area contributed by atoms with E-state index in [1.54, 1.807) is 35.9 Å². The van der Waals surface area contributed by atoms with Gasteiger partial charge in [0.05, 0.1) is 17.1 Å². The van der Waals surface area contributed by atoms with E-state index < -0.39 is 11.8 Å². The topological polar surface area (TPSA) is 67.2 Å². The first-order chi connectivity index (χ1) is 14.8. The van der Waals surface area contributed by atoms with Crippen LogP contribution in [0, 0.1) is 13.8 Å². The van der Waals surface area contributed by atoms with E-state index in [0.717, 1.165) is 11.3 Å². The fraction of sp³-hybridized carbons (Fsp3) is 0.0909. The SMILES string of the molecule is Cc1ccc(-n2nc(C)c(C=C3C(=O)NC(=S)N(c4ccc(Cl)cc4)C3=O)c2Cl)cc1. The molecule has 4 rings (SSSR count). The molecule has 156 valence electrons. The maximum atomic E-state index is 13.2. The first-order valence-corrected chi connectivity index (χ1v) is 10.4. The van der Waals surface area contributed by atoms with E-state index in [4.69, 9.17) is 35.4 Å². The van der Waals surface area contributed by atoms with Gasteiger partial charge in [-0.05, 0) is 68.5 Å². The Kier molecular flexibility index (Phi) is 5.66. The molecule has 0 radical (unpaired) electrons. The molecule has 0 unspecified atom stereocenters. The summed E-state index contributed by atoms with van der Waals surface area (Å²) in [6.07, 6.45) is 1.44. The van der Waals surface area contributed by atoms with E-state index in [1.165, 1.54) is 11.0 Å². The Morgan fingerprint density at radius 3 is 2.23 bits per heavy atom. The van der Waals surface area contributed by atoms with Gasteiger partial charge in [0.1, 0.15) is 10.7 Å². The number of aryl methyl sites for hydroxylation is 2. The maximum absolute atomic E-state index is 13.2. The Morgan fingerprint density at radius 1 is 0.968 bits per heavy atom. The van der Waals surface area contributed by atoms with Crippen molar-refractivity contribution in [3.05, 3.63) is 81.1 Å². The predicted molar refractivity (Wildman–Crippen MR) is 126 cm³/mol. The Labute approximate surface area is 194 Å². The molecule has 2 aromatic carbocycles. The van der Waals surface area contributed by atoms with Crippen LogP contribution in [0.15, 0.2) is 54.1 Å². The molecule has 31 heavy (non-hydrogen) atoms. The van der Waals surface area contributed by atoms with Gasteiger partial charge in [0, 0.05) is 10.6 Å². The summed E-state index contributed by atoms with van der Waals surface area (Å²) >= 11 is 17.7. The van der Waals surface area contributed by atoms with Crippen LogP contribution in [0.1, 0.15) is 16.8 Å². The molecule has 1 aliphatic rings. The molecular weight excluding hydrogens is 455 g/mol. The zero-order valence-corrected chi connectivity index (χ0v) is 18.8. The van der Waals surface area contributed by atoms with Crippen LogP contribution in [0.2, 0.25) is 10.2 Å². The third kappa shape index (κ3) is 3.99. The largest absolute Gasteiger partial charge is 0.298 e. The van der Waals surface area contributed by atoms with Crippen LogP contribution in [-0.2, 0) is 9.59 Å². The molecule has 0 saturated carbocycles. The zero-order chi connectivity index (χ0) is 22.3. The van der Waals surface area contributed by atoms with Crippen molar-refractivity contribution in [2.24, 2.45) is 0 Å². The van der Waals surface area contributed by atoms with Crippen LogP contribution < -0.4 is 10.2 Å². The molecule has 1 fully saturated rings. The minimum atomic E-state index is -0.598. The van der Waals surface area contributed by atoms with E-state index in [1.807, 2.05) is 31.2 Å². The number of amides is 2. The number of hydrogen-bond donors (Lipinski definition) is 1. The monoisotopic (exact) mass is 470 g/mol. The van der Waals surface area contributed by atoms with Crippen LogP contribution in [0.4, 0.5) is 5.69 Å². The minimum Gasteiger partial charge on any atom is -0.298 e. The average molecular weight is 471 g/mol. The summed E-state index contributed by atoms with van der Waals surface area (Å²) in [6, 6.07) is 14.3. The molecule has 1 aliphatic heterocycles. The number of aromatic nitrogens is 2. The molecule has 3 aromatic rings. The Morgan fingerprint density at radius 2 is 1.58 bits per heavy atom. The highest BCUT2D eigenvalue weighted by Gasteiger charge is 2.35. The number of rotatable bonds is 3. The van der Waals surface area contributed by atoms with Crippen molar-refractivity contribution < 1.29 is 9.59 Å². The normalized spacial score (nSPS) is 15.5. The number of anilines is 1. The lowest BCUT2D eigenvalue weighted by Gasteiger charge is -2.28. The molecule has 9 heteroatoms. The number of thiocarbonyl (C=S) groups is 1. The molecule has 1 N–H and O–H groups in total. The van der Waals surface area contributed by atoms with Crippen molar-refractivity contribution in [1.29, 1.82) is 0 Å². The van der Waals surface area contributed by atoms with Crippen molar-refractivity contribution in [1.82, 2.24) is 15.1 Å². The van der Waals surface area contributed by atoms with Crippen molar-refractivity contribution >= 4 is 64.1 Å². The van der Waals surface area contributed by atoms with E-state index >= 15 is 0 Å². The maximum Gasteiger partial charge on any atom is 0.270 e. The van der Waals surface area contributed by atoms with Gasteiger partial charge in [-0.2, -0.15) is 5.10 Å². The van der Waals surface area contributed by atoms with E-state index in [0.29, 0.717) is 27.1 Å². The van der Waals surface area contributed by atoms with Crippen molar-refractivity contribution in [2.45, 2.75) is 13.8 Å². The number of halogens is 2. The second-order valence-corrected chi connectivity index (χ2v) is 8.15. The van der Waals surface area contributed by atoms with Gasteiger partial charge in [0.15, 0.2) is 5.11 Å². The molecule has 0 spiro atoms. The highest BCUT2D eigenvalue weighted by atomic mass is 35.5. The first kappa shape index (κ1) is 21.2. The lowest BCUT2D eigenvalue weighted by molar-refractivity contribution is -0.122. The lowest BCUT2D eigenvalue weighted by Crippen LogP contribution is -2.54. The minimum absolute atomic E-state index is 0.00681. The molecule has 2 amide bonds. The van der Waals surface area contributed by atoms with E-state index in [-0.39, 0.29) is 10.7 Å². The van der Waals surface area contributed by atoms with Gasteiger partial charge in [-0.3, -0.25) is 19.8 Å². The van der Waals surface area contributed by atoms with E-state index in [9.17, 15) is 9.59 Å². The Bertz CT molecular complexity index is 1250. The summed E-state index contributed by atoms with van der Waals surface area (Å²) in [5, 5.41) is 7.83. The van der Waals surface area contributed by atoms with Crippen LogP contribution >= 0.6 is 35.4 Å². The number of nitrogens with one attached hydrogen (secondary N) is 1. The number of nitrogens with zero attached hydrogens (tertiary/aromatic N) is 3. The molecule has 1 aromatic heterocycles. The summed E-state index contributed by atoms with van der Waals surface area (Å²) in [5.41, 5.74) is 3.32. The molecule has 2 heterocycles. The second-order valence-electron chi connectivity index (χ2n) is 6.97. The second kappa shape index (κ2) is 8.26. The number of hydrogen-bond acceptors (Lipinski definition) is 4. The molecule has 1 saturated heterocycles. The molecule has 0 atom stereocenters. The standard InChI is InChI=1S/C22H16Cl2N4O2S/c1-12-3-7-16(8-4-12)28-19(24)17(13(2)26-28)11-18-20(29)25-22(31)27(21(18)30)15-9-5-14(23)6-10-15/h3-11H,1-2H3,(H,25,29,31). The average Bonchev–Trinajstić information content (AvgIpc) is 3.01. The van der Waals surface area contributed by atoms with Gasteiger partial charge in [-0.25, -0.2) is 4.68 Å².